The Balaban J connectivity index is 2.27. The number of aromatic nitrogens is 1. The molecule has 0 atom stereocenters. The fourth-order valence-corrected chi connectivity index (χ4v) is 3.69. The number of sulfone groups is 1. The summed E-state index contributed by atoms with van der Waals surface area (Å²) in [7, 11) is -3.61. The zero-order valence-electron chi connectivity index (χ0n) is 10.3. The van der Waals surface area contributed by atoms with Crippen molar-refractivity contribution in [3.63, 3.8) is 0 Å². The molecule has 3 aromatic rings. The Kier molecular flexibility index (Phi) is 3.31. The molecular weight excluding hydrogens is 338 g/mol. The average Bonchev–Trinajstić information content (AvgIpc) is 2.47. The van der Waals surface area contributed by atoms with E-state index >= 15 is 0 Å². The van der Waals surface area contributed by atoms with Crippen molar-refractivity contribution in [2.45, 2.75) is 9.92 Å². The van der Waals surface area contributed by atoms with Crippen molar-refractivity contribution in [1.82, 2.24) is 4.98 Å². The van der Waals surface area contributed by atoms with E-state index in [0.29, 0.717) is 5.39 Å². The zero-order valence-corrected chi connectivity index (χ0v) is 12.7. The predicted molar refractivity (Wildman–Crippen MR) is 81.3 cm³/mol. The third-order valence-electron chi connectivity index (χ3n) is 3.02. The number of hydrogen-bond acceptors (Lipinski definition) is 3. The Morgan fingerprint density at radius 2 is 1.60 bits per heavy atom. The van der Waals surface area contributed by atoms with Gasteiger partial charge in [-0.25, -0.2) is 13.4 Å². The Labute approximate surface area is 125 Å². The minimum absolute atomic E-state index is 0.0953. The highest BCUT2D eigenvalue weighted by Crippen LogP contribution is 2.26. The first-order valence-corrected chi connectivity index (χ1v) is 8.21. The van der Waals surface area contributed by atoms with Gasteiger partial charge in [0.2, 0.25) is 9.84 Å². The molecule has 100 valence electrons. The van der Waals surface area contributed by atoms with Crippen LogP contribution in [0.25, 0.3) is 10.8 Å². The van der Waals surface area contributed by atoms with Gasteiger partial charge >= 0.3 is 0 Å². The number of fused-ring (bicyclic) bond motifs is 1. The van der Waals surface area contributed by atoms with Crippen LogP contribution in [-0.4, -0.2) is 13.4 Å². The Hall–Kier alpha value is -1.72. The van der Waals surface area contributed by atoms with Gasteiger partial charge in [-0.05, 0) is 35.7 Å². The Bertz CT molecular complexity index is 869. The smallest absolute Gasteiger partial charge is 0.224 e. The van der Waals surface area contributed by atoms with Crippen molar-refractivity contribution in [3.8, 4) is 0 Å². The molecule has 0 aliphatic heterocycles. The van der Waals surface area contributed by atoms with Gasteiger partial charge in [-0.15, -0.1) is 0 Å². The van der Waals surface area contributed by atoms with Gasteiger partial charge in [-0.1, -0.05) is 40.2 Å². The number of nitrogens with zero attached hydrogens (tertiary/aromatic N) is 1. The molecule has 0 aliphatic carbocycles. The second kappa shape index (κ2) is 5.00. The number of rotatable bonds is 2. The maximum absolute atomic E-state index is 12.7. The van der Waals surface area contributed by atoms with Crippen molar-refractivity contribution in [1.29, 1.82) is 0 Å². The molecule has 3 rings (SSSR count). The standard InChI is InChI=1S/C15H10BrNO2S/c16-12-5-7-13(8-6-12)20(18,19)15-14-4-2-1-3-11(14)9-10-17-15/h1-10H. The maximum Gasteiger partial charge on any atom is 0.224 e. The lowest BCUT2D eigenvalue weighted by molar-refractivity contribution is 0.593. The van der Waals surface area contributed by atoms with Crippen LogP contribution in [0.4, 0.5) is 0 Å². The van der Waals surface area contributed by atoms with Crippen molar-refractivity contribution in [2.24, 2.45) is 0 Å². The van der Waals surface area contributed by atoms with Gasteiger partial charge in [0.15, 0.2) is 5.03 Å². The van der Waals surface area contributed by atoms with Gasteiger partial charge in [0, 0.05) is 16.1 Å². The fraction of sp³-hybridized carbons (Fsp3) is 0. The van der Waals surface area contributed by atoms with Gasteiger partial charge < -0.3 is 0 Å². The molecule has 1 aromatic heterocycles. The molecule has 0 N–H and O–H groups in total. The molecule has 0 aliphatic rings. The van der Waals surface area contributed by atoms with Crippen molar-refractivity contribution in [3.05, 3.63) is 65.3 Å². The first kappa shape index (κ1) is 13.3. The first-order chi connectivity index (χ1) is 9.59. The van der Waals surface area contributed by atoms with E-state index in [1.807, 2.05) is 18.2 Å². The van der Waals surface area contributed by atoms with E-state index in [1.165, 1.54) is 6.20 Å². The van der Waals surface area contributed by atoms with Crippen molar-refractivity contribution >= 4 is 36.5 Å². The zero-order chi connectivity index (χ0) is 14.2. The lowest BCUT2D eigenvalue weighted by Gasteiger charge is -2.07. The summed E-state index contributed by atoms with van der Waals surface area (Å²) in [6, 6.07) is 15.7. The van der Waals surface area contributed by atoms with Crippen LogP contribution in [0.3, 0.4) is 0 Å². The lowest BCUT2D eigenvalue weighted by Crippen LogP contribution is -2.05. The normalized spacial score (nSPS) is 11.7. The van der Waals surface area contributed by atoms with E-state index in [4.69, 9.17) is 0 Å². The third-order valence-corrected chi connectivity index (χ3v) is 5.27. The molecule has 0 fully saturated rings. The van der Waals surface area contributed by atoms with Crippen LogP contribution >= 0.6 is 15.9 Å². The monoisotopic (exact) mass is 347 g/mol. The highest BCUT2D eigenvalue weighted by Gasteiger charge is 2.21. The molecule has 0 saturated carbocycles. The van der Waals surface area contributed by atoms with E-state index in [2.05, 4.69) is 20.9 Å². The maximum atomic E-state index is 12.7. The number of halogens is 1. The van der Waals surface area contributed by atoms with Crippen molar-refractivity contribution in [2.75, 3.05) is 0 Å². The molecule has 0 radical (unpaired) electrons. The van der Waals surface area contributed by atoms with E-state index in [0.717, 1.165) is 9.86 Å². The van der Waals surface area contributed by atoms with Gasteiger partial charge in [0.25, 0.3) is 0 Å². The second-order valence-electron chi connectivity index (χ2n) is 4.29. The molecule has 0 unspecified atom stereocenters. The Morgan fingerprint density at radius 3 is 2.35 bits per heavy atom. The Morgan fingerprint density at radius 1 is 0.900 bits per heavy atom. The fourth-order valence-electron chi connectivity index (χ4n) is 2.03. The van der Waals surface area contributed by atoms with Gasteiger partial charge in [-0.2, -0.15) is 0 Å². The summed E-state index contributed by atoms with van der Waals surface area (Å²) in [6.07, 6.45) is 1.52. The number of pyridine rings is 1. The van der Waals surface area contributed by atoms with Gasteiger partial charge in [-0.3, -0.25) is 0 Å². The minimum Gasteiger partial charge on any atom is -0.244 e. The van der Waals surface area contributed by atoms with Crippen LogP contribution in [-0.2, 0) is 9.84 Å². The summed E-state index contributed by atoms with van der Waals surface area (Å²) < 4.78 is 26.2. The molecule has 2 aromatic carbocycles. The summed E-state index contributed by atoms with van der Waals surface area (Å²) in [5.41, 5.74) is 0. The highest BCUT2D eigenvalue weighted by molar-refractivity contribution is 9.10. The first-order valence-electron chi connectivity index (χ1n) is 5.93. The molecule has 0 spiro atoms. The van der Waals surface area contributed by atoms with Crippen LogP contribution in [0.1, 0.15) is 0 Å². The molecule has 0 bridgehead atoms. The predicted octanol–water partition coefficient (Wildman–Crippen LogP) is 3.83. The van der Waals surface area contributed by atoms with Gasteiger partial charge in [0.05, 0.1) is 4.90 Å². The summed E-state index contributed by atoms with van der Waals surface area (Å²) in [6.45, 7) is 0. The minimum atomic E-state index is -3.61. The number of hydrogen-bond donors (Lipinski definition) is 0. The number of benzene rings is 2. The molecular formula is C15H10BrNO2S. The van der Waals surface area contributed by atoms with Crippen LogP contribution in [0, 0.1) is 0 Å². The molecule has 0 amide bonds. The summed E-state index contributed by atoms with van der Waals surface area (Å²) >= 11 is 3.30. The van der Waals surface area contributed by atoms with Crippen molar-refractivity contribution < 1.29 is 8.42 Å². The summed E-state index contributed by atoms with van der Waals surface area (Å²) in [5, 5.41) is 1.59. The van der Waals surface area contributed by atoms with Crippen LogP contribution < -0.4 is 0 Å². The average molecular weight is 348 g/mol. The topological polar surface area (TPSA) is 47.0 Å². The molecule has 1 heterocycles. The highest BCUT2D eigenvalue weighted by atomic mass is 79.9. The van der Waals surface area contributed by atoms with E-state index in [1.54, 1.807) is 36.4 Å². The van der Waals surface area contributed by atoms with E-state index in [-0.39, 0.29) is 9.92 Å². The molecule has 3 nitrogen and oxygen atoms in total. The SMILES string of the molecule is O=S(=O)(c1ccc(Br)cc1)c1nccc2ccccc12. The molecule has 0 saturated heterocycles. The van der Waals surface area contributed by atoms with Gasteiger partial charge in [0.1, 0.15) is 0 Å². The summed E-state index contributed by atoms with van der Waals surface area (Å²) in [4.78, 5) is 4.32. The van der Waals surface area contributed by atoms with Crippen LogP contribution in [0.5, 0.6) is 0 Å². The van der Waals surface area contributed by atoms with E-state index < -0.39 is 9.84 Å². The van der Waals surface area contributed by atoms with Crippen LogP contribution in [0.15, 0.2) is 75.2 Å². The van der Waals surface area contributed by atoms with E-state index in [9.17, 15) is 8.42 Å². The largest absolute Gasteiger partial charge is 0.244 e. The lowest BCUT2D eigenvalue weighted by atomic mass is 10.2. The second-order valence-corrected chi connectivity index (χ2v) is 7.08. The third kappa shape index (κ3) is 2.23. The molecule has 5 heteroatoms. The molecule has 20 heavy (non-hydrogen) atoms. The quantitative estimate of drug-likeness (QED) is 0.707. The van der Waals surface area contributed by atoms with Crippen LogP contribution in [0.2, 0.25) is 0 Å². The summed E-state index contributed by atoms with van der Waals surface area (Å²) in [5.74, 6) is 0.